The van der Waals surface area contributed by atoms with Crippen molar-refractivity contribution >= 4 is 23.1 Å². The first-order valence-electron chi connectivity index (χ1n) is 14.6. The maximum atomic E-state index is 14.4. The zero-order chi connectivity index (χ0) is 29.5. The molecule has 1 aromatic carbocycles. The van der Waals surface area contributed by atoms with E-state index in [-0.39, 0.29) is 29.2 Å². The molecule has 0 radical (unpaired) electrons. The molecule has 0 aromatic heterocycles. The van der Waals surface area contributed by atoms with Crippen molar-refractivity contribution in [3.63, 3.8) is 0 Å². The van der Waals surface area contributed by atoms with Crippen molar-refractivity contribution < 1.29 is 34.8 Å². The van der Waals surface area contributed by atoms with Gasteiger partial charge in [0.05, 0.1) is 5.56 Å². The predicted molar refractivity (Wildman–Crippen MR) is 151 cm³/mol. The van der Waals surface area contributed by atoms with Crippen molar-refractivity contribution in [2.24, 2.45) is 34.5 Å². The standard InChI is InChI=1S/C33H42O7/c1-16(2)25-27(36)23(18(4)34)29(38)33(40)30(39)26-28(37)24-21(14-31(26,5)15-32(25,33)6)20(11-12-22(24)35)13-17(3)19-9-7-8-10-19/h11-12,16-17,19,25,35,37-38,40H,7-10,13-15H2,1-6H3/t17?,25?,31-,32-,33+/m1/s1. The van der Waals surface area contributed by atoms with Gasteiger partial charge in [-0.15, -0.1) is 0 Å². The molecular weight excluding hydrogens is 508 g/mol. The normalized spacial score (nSPS) is 33.2. The van der Waals surface area contributed by atoms with Gasteiger partial charge in [-0.1, -0.05) is 66.4 Å². The molecule has 4 aliphatic rings. The highest BCUT2D eigenvalue weighted by Gasteiger charge is 2.72. The average molecular weight is 551 g/mol. The summed E-state index contributed by atoms with van der Waals surface area (Å²) in [6, 6.07) is 3.44. The third-order valence-electron chi connectivity index (χ3n) is 10.7. The van der Waals surface area contributed by atoms with E-state index in [1.54, 1.807) is 26.8 Å². The van der Waals surface area contributed by atoms with E-state index in [2.05, 4.69) is 6.92 Å². The summed E-state index contributed by atoms with van der Waals surface area (Å²) in [5.74, 6) is -3.94. The molecule has 0 bridgehead atoms. The lowest BCUT2D eigenvalue weighted by Gasteiger charge is -2.59. The quantitative estimate of drug-likeness (QED) is 0.353. The Morgan fingerprint density at radius 2 is 1.68 bits per heavy atom. The second-order valence-electron chi connectivity index (χ2n) is 13.8. The van der Waals surface area contributed by atoms with Crippen LogP contribution in [0.5, 0.6) is 5.75 Å². The predicted octanol–water partition coefficient (Wildman–Crippen LogP) is 5.56. The Labute approximate surface area is 236 Å². The van der Waals surface area contributed by atoms with Crippen LogP contribution in [0.4, 0.5) is 0 Å². The summed E-state index contributed by atoms with van der Waals surface area (Å²) < 4.78 is 0. The van der Waals surface area contributed by atoms with Gasteiger partial charge in [0.1, 0.15) is 22.8 Å². The molecule has 7 nitrogen and oxygen atoms in total. The van der Waals surface area contributed by atoms with Gasteiger partial charge < -0.3 is 20.4 Å². The number of ketones is 3. The Balaban J connectivity index is 1.72. The molecule has 4 N–H and O–H groups in total. The number of rotatable bonds is 5. The molecule has 40 heavy (non-hydrogen) atoms. The van der Waals surface area contributed by atoms with Crippen molar-refractivity contribution in [1.29, 1.82) is 0 Å². The van der Waals surface area contributed by atoms with Gasteiger partial charge >= 0.3 is 0 Å². The molecule has 4 aliphatic carbocycles. The molecular formula is C33H42O7. The zero-order valence-electron chi connectivity index (χ0n) is 24.4. The number of benzene rings is 1. The lowest BCUT2D eigenvalue weighted by atomic mass is 9.43. The molecule has 2 unspecified atom stereocenters. The van der Waals surface area contributed by atoms with E-state index in [0.29, 0.717) is 18.3 Å². The van der Waals surface area contributed by atoms with Gasteiger partial charge in [-0.2, -0.15) is 0 Å². The largest absolute Gasteiger partial charge is 0.508 e. The van der Waals surface area contributed by atoms with Gasteiger partial charge in [0.15, 0.2) is 17.2 Å². The van der Waals surface area contributed by atoms with Crippen molar-refractivity contribution in [1.82, 2.24) is 0 Å². The summed E-state index contributed by atoms with van der Waals surface area (Å²) in [6.45, 7) is 10.5. The number of carbonyl (C=O) groups is 3. The monoisotopic (exact) mass is 550 g/mol. The fourth-order valence-corrected chi connectivity index (χ4v) is 9.01. The van der Waals surface area contributed by atoms with Crippen LogP contribution >= 0.6 is 0 Å². The highest BCUT2D eigenvalue weighted by Crippen LogP contribution is 2.65. The fourth-order valence-electron chi connectivity index (χ4n) is 9.01. The van der Waals surface area contributed by atoms with Gasteiger partial charge in [-0.25, -0.2) is 0 Å². The fraction of sp³-hybridized carbons (Fsp3) is 0.606. The topological polar surface area (TPSA) is 132 Å². The van der Waals surface area contributed by atoms with Crippen LogP contribution in [0.15, 0.2) is 29.0 Å². The molecule has 2 fully saturated rings. The molecule has 0 aliphatic heterocycles. The molecule has 2 saturated carbocycles. The second kappa shape index (κ2) is 9.30. The number of allylic oxidation sites excluding steroid dienone is 1. The second-order valence-corrected chi connectivity index (χ2v) is 13.8. The molecule has 5 atom stereocenters. The first-order valence-corrected chi connectivity index (χ1v) is 14.6. The van der Waals surface area contributed by atoms with Crippen LogP contribution < -0.4 is 0 Å². The van der Waals surface area contributed by atoms with Crippen LogP contribution in [0.1, 0.15) is 90.3 Å². The van der Waals surface area contributed by atoms with E-state index in [4.69, 9.17) is 0 Å². The number of hydrogen-bond donors (Lipinski definition) is 4. The summed E-state index contributed by atoms with van der Waals surface area (Å²) in [6.07, 6.45) is 6.08. The number of aliphatic hydroxyl groups is 3. The van der Waals surface area contributed by atoms with Crippen molar-refractivity contribution in [3.8, 4) is 5.75 Å². The minimum atomic E-state index is -2.58. The Morgan fingerprint density at radius 1 is 1.05 bits per heavy atom. The number of Topliss-reactive ketones (excluding diaryl/α,β-unsaturated/α-hetero) is 3. The van der Waals surface area contributed by atoms with E-state index in [1.807, 2.05) is 13.0 Å². The molecule has 1 aromatic rings. The van der Waals surface area contributed by atoms with E-state index < -0.39 is 56.8 Å². The lowest BCUT2D eigenvalue weighted by molar-refractivity contribution is -0.178. The maximum absolute atomic E-state index is 14.4. The summed E-state index contributed by atoms with van der Waals surface area (Å²) in [4.78, 5) is 40.5. The van der Waals surface area contributed by atoms with Gasteiger partial charge in [-0.05, 0) is 61.1 Å². The highest BCUT2D eigenvalue weighted by molar-refractivity contribution is 6.24. The maximum Gasteiger partial charge on any atom is 0.203 e. The van der Waals surface area contributed by atoms with Crippen LogP contribution in [-0.2, 0) is 27.2 Å². The zero-order valence-corrected chi connectivity index (χ0v) is 24.4. The molecule has 7 heteroatoms. The van der Waals surface area contributed by atoms with E-state index in [1.165, 1.54) is 25.7 Å². The lowest BCUT2D eigenvalue weighted by Crippen LogP contribution is -2.69. The van der Waals surface area contributed by atoms with Crippen molar-refractivity contribution in [2.75, 3.05) is 0 Å². The number of carbonyl (C=O) groups excluding carboxylic acids is 3. The van der Waals surface area contributed by atoms with Crippen LogP contribution in [0.25, 0.3) is 5.76 Å². The Hall–Kier alpha value is -2.93. The Morgan fingerprint density at radius 3 is 2.25 bits per heavy atom. The number of phenolic OH excluding ortho intramolecular Hbond substituents is 1. The van der Waals surface area contributed by atoms with Gasteiger partial charge in [0, 0.05) is 22.3 Å². The third-order valence-corrected chi connectivity index (χ3v) is 10.7. The highest BCUT2D eigenvalue weighted by atomic mass is 16.3. The van der Waals surface area contributed by atoms with Gasteiger partial charge in [0.2, 0.25) is 5.78 Å². The third kappa shape index (κ3) is 3.69. The molecule has 0 heterocycles. The van der Waals surface area contributed by atoms with Crippen LogP contribution in [0.3, 0.4) is 0 Å². The molecule has 0 saturated heterocycles. The smallest absolute Gasteiger partial charge is 0.203 e. The number of aliphatic hydroxyl groups excluding tert-OH is 2. The molecule has 0 spiro atoms. The first-order chi connectivity index (χ1) is 18.6. The molecule has 5 rings (SSSR count). The summed E-state index contributed by atoms with van der Waals surface area (Å²) in [7, 11) is 0. The summed E-state index contributed by atoms with van der Waals surface area (Å²) in [5, 5.41) is 46.0. The van der Waals surface area contributed by atoms with Crippen LogP contribution in [0.2, 0.25) is 0 Å². The first kappa shape index (κ1) is 28.6. The number of phenols is 1. The van der Waals surface area contributed by atoms with Gasteiger partial charge in [0.25, 0.3) is 0 Å². The van der Waals surface area contributed by atoms with Crippen molar-refractivity contribution in [3.05, 3.63) is 45.7 Å². The van der Waals surface area contributed by atoms with Crippen LogP contribution in [-0.4, -0.2) is 43.4 Å². The minimum absolute atomic E-state index is 0.0810. The van der Waals surface area contributed by atoms with E-state index in [9.17, 15) is 34.8 Å². The molecule has 216 valence electrons. The Bertz CT molecular complexity index is 1380. The minimum Gasteiger partial charge on any atom is -0.508 e. The number of fused-ring (bicyclic) bond motifs is 3. The number of aromatic hydroxyl groups is 1. The van der Waals surface area contributed by atoms with E-state index >= 15 is 0 Å². The van der Waals surface area contributed by atoms with Crippen molar-refractivity contribution in [2.45, 2.75) is 92.1 Å². The summed E-state index contributed by atoms with van der Waals surface area (Å²) in [5.41, 5.74) is -3.67. The van der Waals surface area contributed by atoms with Crippen LogP contribution in [0, 0.1) is 34.5 Å². The number of hydrogen-bond acceptors (Lipinski definition) is 7. The molecule has 0 amide bonds. The Kier molecular flexibility index (Phi) is 6.65. The summed E-state index contributed by atoms with van der Waals surface area (Å²) >= 11 is 0. The average Bonchev–Trinajstić information content (AvgIpc) is 3.38. The SMILES string of the molecule is CC(=O)C1=C(O)[C@]2(O)C(=O)C3=C(O)c4c(O)ccc(CC(C)C5CCCC5)c4C[C@]3(C)C[C@]2(C)C(C(C)C)C1=O. The van der Waals surface area contributed by atoms with E-state index in [0.717, 1.165) is 24.5 Å². The van der Waals surface area contributed by atoms with Gasteiger partial charge in [-0.3, -0.25) is 14.4 Å².